The first-order chi connectivity index (χ1) is 10.6. The molecule has 0 spiro atoms. The van der Waals surface area contributed by atoms with E-state index < -0.39 is 0 Å². The number of nitrogens with zero attached hydrogens (tertiary/aromatic N) is 5. The number of hydrogen-bond acceptors (Lipinski definition) is 7. The molecule has 0 amide bonds. The van der Waals surface area contributed by atoms with Crippen molar-refractivity contribution in [1.82, 2.24) is 24.3 Å². The van der Waals surface area contributed by atoms with Crippen molar-refractivity contribution >= 4 is 33.9 Å². The van der Waals surface area contributed by atoms with Gasteiger partial charge in [0, 0.05) is 13.0 Å². The van der Waals surface area contributed by atoms with Crippen molar-refractivity contribution in [3.8, 4) is 0 Å². The van der Waals surface area contributed by atoms with E-state index >= 15 is 0 Å². The summed E-state index contributed by atoms with van der Waals surface area (Å²) in [5.74, 6) is 0.999. The number of hydrogen-bond donors (Lipinski definition) is 0. The van der Waals surface area contributed by atoms with Gasteiger partial charge in [-0.25, -0.2) is 4.98 Å². The summed E-state index contributed by atoms with van der Waals surface area (Å²) in [5, 5.41) is 3.81. The van der Waals surface area contributed by atoms with Crippen molar-refractivity contribution in [2.75, 3.05) is 0 Å². The quantitative estimate of drug-likeness (QED) is 0.525. The molecule has 7 nitrogen and oxygen atoms in total. The van der Waals surface area contributed by atoms with Crippen molar-refractivity contribution in [3.05, 3.63) is 45.0 Å². The van der Waals surface area contributed by atoms with E-state index in [1.807, 2.05) is 6.92 Å². The fourth-order valence-corrected chi connectivity index (χ4v) is 3.33. The Bertz CT molecular complexity index is 949. The average molecular weight is 335 g/mol. The standard InChI is InChI=1S/C13H13N5O2S2/c1-3-5-18-11-10(22-13(18)21)12(19)17(7-14-11)6-9-15-8(4-2)16-20-9/h3,7H,1,4-6H2,2H3. The molecular formula is C13H13N5O2S2. The van der Waals surface area contributed by atoms with Crippen molar-refractivity contribution in [2.24, 2.45) is 0 Å². The third kappa shape index (κ3) is 2.53. The summed E-state index contributed by atoms with van der Waals surface area (Å²) in [6.07, 6.45) is 3.88. The van der Waals surface area contributed by atoms with Crippen LogP contribution in [0.25, 0.3) is 10.3 Å². The predicted octanol–water partition coefficient (Wildman–Crippen LogP) is 2.17. The number of rotatable bonds is 5. The molecule has 0 atom stereocenters. The third-order valence-corrected chi connectivity index (χ3v) is 4.51. The molecule has 0 unspecified atom stereocenters. The van der Waals surface area contributed by atoms with Crippen LogP contribution in [0.2, 0.25) is 0 Å². The van der Waals surface area contributed by atoms with Crippen LogP contribution in [0.15, 0.2) is 28.3 Å². The van der Waals surface area contributed by atoms with E-state index in [1.165, 1.54) is 22.2 Å². The van der Waals surface area contributed by atoms with Gasteiger partial charge in [-0.1, -0.05) is 29.5 Å². The zero-order valence-corrected chi connectivity index (χ0v) is 13.5. The zero-order valence-electron chi connectivity index (χ0n) is 11.9. The molecule has 114 valence electrons. The fraction of sp³-hybridized carbons (Fsp3) is 0.308. The Kier molecular flexibility index (Phi) is 3.99. The van der Waals surface area contributed by atoms with Gasteiger partial charge in [-0.3, -0.25) is 9.36 Å². The lowest BCUT2D eigenvalue weighted by atomic mass is 10.5. The highest BCUT2D eigenvalue weighted by Gasteiger charge is 2.13. The van der Waals surface area contributed by atoms with Gasteiger partial charge in [0.1, 0.15) is 17.6 Å². The molecule has 0 saturated heterocycles. The van der Waals surface area contributed by atoms with Crippen LogP contribution in [-0.2, 0) is 19.5 Å². The molecule has 0 aliphatic rings. The van der Waals surface area contributed by atoms with E-state index in [0.717, 1.165) is 0 Å². The molecule has 3 rings (SSSR count). The maximum atomic E-state index is 12.5. The smallest absolute Gasteiger partial charge is 0.273 e. The second-order valence-corrected chi connectivity index (χ2v) is 6.20. The van der Waals surface area contributed by atoms with E-state index in [1.54, 1.807) is 10.6 Å². The van der Waals surface area contributed by atoms with Crippen molar-refractivity contribution in [1.29, 1.82) is 0 Å². The van der Waals surface area contributed by atoms with Crippen LogP contribution in [0.3, 0.4) is 0 Å². The zero-order chi connectivity index (χ0) is 15.7. The Morgan fingerprint density at radius 3 is 3.05 bits per heavy atom. The van der Waals surface area contributed by atoms with Crippen LogP contribution in [-0.4, -0.2) is 24.3 Å². The fourth-order valence-electron chi connectivity index (χ4n) is 2.02. The van der Waals surface area contributed by atoms with Crippen LogP contribution in [0.5, 0.6) is 0 Å². The number of aromatic nitrogens is 5. The van der Waals surface area contributed by atoms with Crippen LogP contribution in [0.4, 0.5) is 0 Å². The molecule has 3 aromatic rings. The van der Waals surface area contributed by atoms with Crippen molar-refractivity contribution in [2.45, 2.75) is 26.4 Å². The second kappa shape index (κ2) is 5.93. The largest absolute Gasteiger partial charge is 0.337 e. The third-order valence-electron chi connectivity index (χ3n) is 3.09. The maximum Gasteiger partial charge on any atom is 0.273 e. The lowest BCUT2D eigenvalue weighted by Crippen LogP contribution is -2.21. The van der Waals surface area contributed by atoms with Gasteiger partial charge in [0.15, 0.2) is 15.4 Å². The van der Waals surface area contributed by atoms with Crippen LogP contribution < -0.4 is 5.56 Å². The predicted molar refractivity (Wildman–Crippen MR) is 85.7 cm³/mol. The molecule has 3 heterocycles. The molecule has 0 aliphatic carbocycles. The van der Waals surface area contributed by atoms with Crippen LogP contribution >= 0.6 is 23.6 Å². The summed E-state index contributed by atoms with van der Waals surface area (Å²) in [7, 11) is 0. The van der Waals surface area contributed by atoms with E-state index in [9.17, 15) is 4.79 Å². The SMILES string of the molecule is C=CCn1c(=S)sc2c(=O)n(Cc3nc(CC)no3)cnc21. The van der Waals surface area contributed by atoms with E-state index in [4.69, 9.17) is 16.7 Å². The Morgan fingerprint density at radius 1 is 1.55 bits per heavy atom. The van der Waals surface area contributed by atoms with Gasteiger partial charge in [-0.05, 0) is 12.2 Å². The molecule has 0 N–H and O–H groups in total. The molecule has 9 heteroatoms. The molecule has 3 aromatic heterocycles. The minimum atomic E-state index is -0.167. The molecule has 0 bridgehead atoms. The lowest BCUT2D eigenvalue weighted by molar-refractivity contribution is 0.365. The van der Waals surface area contributed by atoms with Gasteiger partial charge < -0.3 is 9.09 Å². The molecule has 0 fully saturated rings. The first kappa shape index (κ1) is 14.8. The topological polar surface area (TPSA) is 78.7 Å². The minimum absolute atomic E-state index is 0.167. The Labute approximate surface area is 134 Å². The van der Waals surface area contributed by atoms with Gasteiger partial charge in [0.25, 0.3) is 5.56 Å². The minimum Gasteiger partial charge on any atom is -0.337 e. The first-order valence-corrected chi connectivity index (χ1v) is 7.87. The second-order valence-electron chi connectivity index (χ2n) is 4.56. The van der Waals surface area contributed by atoms with Crippen LogP contribution in [0.1, 0.15) is 18.6 Å². The summed E-state index contributed by atoms with van der Waals surface area (Å²) < 4.78 is 9.46. The van der Waals surface area contributed by atoms with Gasteiger partial charge in [0.2, 0.25) is 5.89 Å². The molecule has 0 saturated carbocycles. The van der Waals surface area contributed by atoms with Crippen molar-refractivity contribution in [3.63, 3.8) is 0 Å². The van der Waals surface area contributed by atoms with E-state index in [0.29, 0.717) is 39.0 Å². The lowest BCUT2D eigenvalue weighted by Gasteiger charge is -2.02. The molecule has 0 aromatic carbocycles. The summed E-state index contributed by atoms with van der Waals surface area (Å²) in [6.45, 7) is 6.34. The van der Waals surface area contributed by atoms with Gasteiger partial charge in [0.05, 0.1) is 0 Å². The number of fused-ring (bicyclic) bond motifs is 1. The normalized spacial score (nSPS) is 11.1. The highest BCUT2D eigenvalue weighted by molar-refractivity contribution is 7.73. The Hall–Kier alpha value is -2.13. The average Bonchev–Trinajstić information content (AvgIpc) is 3.08. The van der Waals surface area contributed by atoms with Gasteiger partial charge >= 0.3 is 0 Å². The van der Waals surface area contributed by atoms with Crippen molar-refractivity contribution < 1.29 is 4.52 Å². The Balaban J connectivity index is 2.05. The van der Waals surface area contributed by atoms with Crippen LogP contribution in [0, 0.1) is 3.95 Å². The number of aryl methyl sites for hydroxylation is 1. The van der Waals surface area contributed by atoms with E-state index in [2.05, 4.69) is 21.7 Å². The highest BCUT2D eigenvalue weighted by Crippen LogP contribution is 2.17. The summed E-state index contributed by atoms with van der Waals surface area (Å²) in [4.78, 5) is 21.1. The number of allylic oxidation sites excluding steroid dienone is 1. The molecule has 0 aliphatic heterocycles. The molecular weight excluding hydrogens is 322 g/mol. The Morgan fingerprint density at radius 2 is 2.36 bits per heavy atom. The first-order valence-electron chi connectivity index (χ1n) is 6.65. The van der Waals surface area contributed by atoms with Gasteiger partial charge in [-0.15, -0.1) is 6.58 Å². The van der Waals surface area contributed by atoms with E-state index in [-0.39, 0.29) is 12.1 Å². The monoisotopic (exact) mass is 335 g/mol. The van der Waals surface area contributed by atoms with Gasteiger partial charge in [-0.2, -0.15) is 4.98 Å². The molecule has 22 heavy (non-hydrogen) atoms. The summed E-state index contributed by atoms with van der Waals surface area (Å²) >= 11 is 6.52. The maximum absolute atomic E-state index is 12.5. The highest BCUT2D eigenvalue weighted by atomic mass is 32.1. The summed E-state index contributed by atoms with van der Waals surface area (Å²) in [5.41, 5.74) is 0.413. The summed E-state index contributed by atoms with van der Waals surface area (Å²) in [6, 6.07) is 0. The number of thiazole rings is 1. The molecule has 0 radical (unpaired) electrons.